The zero-order chi connectivity index (χ0) is 14.3. The predicted octanol–water partition coefficient (Wildman–Crippen LogP) is 2.98. The summed E-state index contributed by atoms with van der Waals surface area (Å²) >= 11 is 1.60. The Labute approximate surface area is 114 Å². The fraction of sp³-hybridized carbons (Fsp3) is 0.455. The van der Waals surface area contributed by atoms with E-state index in [9.17, 15) is 22.4 Å². The number of hydrogen-bond donors (Lipinski definition) is 0. The number of amides is 1. The average Bonchev–Trinajstić information content (AvgIpc) is 2.70. The highest BCUT2D eigenvalue weighted by Gasteiger charge is 2.56. The lowest BCUT2D eigenvalue weighted by Crippen LogP contribution is -2.42. The fourth-order valence-corrected chi connectivity index (χ4v) is 1.98. The molecule has 104 valence electrons. The molecule has 3 nitrogen and oxygen atoms in total. The number of carbonyl (C=O) groups is 1. The van der Waals surface area contributed by atoms with E-state index in [1.54, 1.807) is 28.1 Å². The summed E-state index contributed by atoms with van der Waals surface area (Å²) in [6.07, 6.45) is 0.328. The van der Waals surface area contributed by atoms with Crippen LogP contribution in [-0.4, -0.2) is 28.2 Å². The van der Waals surface area contributed by atoms with E-state index in [0.717, 1.165) is 10.5 Å². The standard InChI is InChI=1S/C11H9BrF4N2O/c12-11(15,16)10(13,14)6-8(19)18-5-3-7-2-1-4-17-9(7)18/h1-2,4H,3,5-6H2. The van der Waals surface area contributed by atoms with Crippen LogP contribution < -0.4 is 4.90 Å². The number of anilines is 1. The summed E-state index contributed by atoms with van der Waals surface area (Å²) in [6, 6.07) is 3.38. The fourth-order valence-electron chi connectivity index (χ4n) is 1.84. The molecule has 0 saturated heterocycles. The Morgan fingerprint density at radius 3 is 2.74 bits per heavy atom. The third-order valence-corrected chi connectivity index (χ3v) is 3.40. The first-order valence-electron chi connectivity index (χ1n) is 5.41. The van der Waals surface area contributed by atoms with Gasteiger partial charge in [-0.05, 0) is 34.0 Å². The maximum atomic E-state index is 13.1. The van der Waals surface area contributed by atoms with Crippen molar-refractivity contribution in [3.05, 3.63) is 23.9 Å². The van der Waals surface area contributed by atoms with Crippen molar-refractivity contribution in [3.63, 3.8) is 0 Å². The topological polar surface area (TPSA) is 33.2 Å². The molecule has 1 aromatic rings. The normalized spacial score (nSPS) is 15.5. The van der Waals surface area contributed by atoms with Gasteiger partial charge in [-0.1, -0.05) is 6.07 Å². The van der Waals surface area contributed by atoms with E-state index < -0.39 is 23.1 Å². The summed E-state index contributed by atoms with van der Waals surface area (Å²) in [5.74, 6) is -5.25. The summed E-state index contributed by atoms with van der Waals surface area (Å²) in [7, 11) is 0. The van der Waals surface area contributed by atoms with Crippen molar-refractivity contribution >= 4 is 27.7 Å². The van der Waals surface area contributed by atoms with E-state index in [-0.39, 0.29) is 12.4 Å². The first-order valence-corrected chi connectivity index (χ1v) is 6.20. The van der Waals surface area contributed by atoms with Crippen molar-refractivity contribution in [2.24, 2.45) is 0 Å². The number of nitrogens with zero attached hydrogens (tertiary/aromatic N) is 2. The number of hydrogen-bond acceptors (Lipinski definition) is 2. The summed E-state index contributed by atoms with van der Waals surface area (Å²) in [5.41, 5.74) is 0.741. The van der Waals surface area contributed by atoms with Gasteiger partial charge in [0.2, 0.25) is 5.91 Å². The average molecular weight is 341 g/mol. The van der Waals surface area contributed by atoms with Gasteiger partial charge in [-0.15, -0.1) is 0 Å². The molecule has 0 bridgehead atoms. The second kappa shape index (κ2) is 4.73. The zero-order valence-electron chi connectivity index (χ0n) is 9.55. The molecule has 0 aliphatic carbocycles. The molecular weight excluding hydrogens is 332 g/mol. The highest BCUT2D eigenvalue weighted by atomic mass is 79.9. The molecule has 0 atom stereocenters. The largest absolute Gasteiger partial charge is 0.363 e. The molecule has 0 aromatic carbocycles. The number of pyridine rings is 1. The van der Waals surface area contributed by atoms with Crippen LogP contribution >= 0.6 is 15.9 Å². The van der Waals surface area contributed by atoms with E-state index in [4.69, 9.17) is 0 Å². The predicted molar refractivity (Wildman–Crippen MR) is 63.7 cm³/mol. The van der Waals surface area contributed by atoms with E-state index in [2.05, 4.69) is 4.98 Å². The van der Waals surface area contributed by atoms with E-state index in [1.807, 2.05) is 0 Å². The van der Waals surface area contributed by atoms with Gasteiger partial charge in [-0.2, -0.15) is 17.6 Å². The van der Waals surface area contributed by atoms with Crippen LogP contribution in [0.15, 0.2) is 18.3 Å². The summed E-state index contributed by atoms with van der Waals surface area (Å²) < 4.78 is 51.5. The van der Waals surface area contributed by atoms with Crippen molar-refractivity contribution in [1.29, 1.82) is 0 Å². The first-order chi connectivity index (χ1) is 8.72. The minimum atomic E-state index is -4.44. The van der Waals surface area contributed by atoms with Gasteiger partial charge in [-0.3, -0.25) is 9.69 Å². The third kappa shape index (κ3) is 2.72. The molecule has 8 heteroatoms. The molecule has 0 unspecified atom stereocenters. The Balaban J connectivity index is 2.15. The smallest absolute Gasteiger partial charge is 0.296 e. The number of halogens is 5. The number of rotatable bonds is 3. The van der Waals surface area contributed by atoms with Crippen LogP contribution in [0.2, 0.25) is 0 Å². The monoisotopic (exact) mass is 340 g/mol. The van der Waals surface area contributed by atoms with E-state index in [1.165, 1.54) is 6.20 Å². The van der Waals surface area contributed by atoms with Crippen molar-refractivity contribution in [2.75, 3.05) is 11.4 Å². The maximum absolute atomic E-state index is 13.1. The third-order valence-electron chi connectivity index (χ3n) is 2.82. The molecule has 0 N–H and O–H groups in total. The van der Waals surface area contributed by atoms with Crippen LogP contribution in [0, 0.1) is 0 Å². The van der Waals surface area contributed by atoms with Gasteiger partial charge in [-0.25, -0.2) is 4.98 Å². The Morgan fingerprint density at radius 1 is 1.42 bits per heavy atom. The first kappa shape index (κ1) is 14.2. The van der Waals surface area contributed by atoms with E-state index >= 15 is 0 Å². The second-order valence-corrected chi connectivity index (χ2v) is 5.16. The molecule has 0 fully saturated rings. The van der Waals surface area contributed by atoms with Crippen molar-refractivity contribution in [1.82, 2.24) is 4.98 Å². The molecule has 2 rings (SSSR count). The molecule has 19 heavy (non-hydrogen) atoms. The van der Waals surface area contributed by atoms with E-state index in [0.29, 0.717) is 6.42 Å². The van der Waals surface area contributed by atoms with Gasteiger partial charge in [0.05, 0.1) is 6.42 Å². The highest BCUT2D eigenvalue weighted by molar-refractivity contribution is 9.10. The molecule has 2 heterocycles. The van der Waals surface area contributed by atoms with Crippen LogP contribution in [0.3, 0.4) is 0 Å². The molecule has 1 aliphatic heterocycles. The van der Waals surface area contributed by atoms with Gasteiger partial charge in [0.25, 0.3) is 0 Å². The number of aromatic nitrogens is 1. The van der Waals surface area contributed by atoms with Crippen molar-refractivity contribution in [2.45, 2.75) is 23.6 Å². The molecule has 1 aliphatic rings. The van der Waals surface area contributed by atoms with Crippen LogP contribution in [0.25, 0.3) is 0 Å². The summed E-state index contributed by atoms with van der Waals surface area (Å²) in [5, 5.41) is 0. The molecule has 1 amide bonds. The lowest BCUT2D eigenvalue weighted by Gasteiger charge is -2.23. The lowest BCUT2D eigenvalue weighted by atomic mass is 10.2. The molecule has 0 radical (unpaired) electrons. The zero-order valence-corrected chi connectivity index (χ0v) is 11.1. The maximum Gasteiger partial charge on any atom is 0.363 e. The van der Waals surface area contributed by atoms with Gasteiger partial charge in [0.15, 0.2) is 0 Å². The Morgan fingerprint density at radius 2 is 2.11 bits per heavy atom. The van der Waals surface area contributed by atoms with Crippen LogP contribution in [0.5, 0.6) is 0 Å². The molecule has 1 aromatic heterocycles. The Hall–Kier alpha value is -1.18. The Kier molecular flexibility index (Phi) is 3.55. The van der Waals surface area contributed by atoms with Crippen LogP contribution in [-0.2, 0) is 11.2 Å². The molecule has 0 spiro atoms. The molecular formula is C11H9BrF4N2O. The van der Waals surface area contributed by atoms with Gasteiger partial charge in [0.1, 0.15) is 5.82 Å². The summed E-state index contributed by atoms with van der Waals surface area (Å²) in [6.45, 7) is 0.176. The lowest BCUT2D eigenvalue weighted by molar-refractivity contribution is -0.160. The minimum Gasteiger partial charge on any atom is -0.296 e. The van der Waals surface area contributed by atoms with Gasteiger partial charge < -0.3 is 0 Å². The number of alkyl halides is 5. The number of fused-ring (bicyclic) bond motifs is 1. The minimum absolute atomic E-state index is 0.176. The van der Waals surface area contributed by atoms with Gasteiger partial charge in [0, 0.05) is 12.7 Å². The Bertz CT molecular complexity index is 504. The van der Waals surface area contributed by atoms with Crippen molar-refractivity contribution < 1.29 is 22.4 Å². The van der Waals surface area contributed by atoms with Crippen LogP contribution in [0.1, 0.15) is 12.0 Å². The summed E-state index contributed by atoms with van der Waals surface area (Å²) in [4.78, 5) is 12.2. The van der Waals surface area contributed by atoms with Gasteiger partial charge >= 0.3 is 10.8 Å². The van der Waals surface area contributed by atoms with Crippen molar-refractivity contribution in [3.8, 4) is 0 Å². The van der Waals surface area contributed by atoms with Crippen LogP contribution in [0.4, 0.5) is 23.4 Å². The highest BCUT2D eigenvalue weighted by Crippen LogP contribution is 2.42. The SMILES string of the molecule is O=C(CC(F)(F)C(F)(F)Br)N1CCc2cccnc21. The second-order valence-electron chi connectivity index (χ2n) is 4.16. The quantitative estimate of drug-likeness (QED) is 0.626. The number of carbonyl (C=O) groups excluding carboxylic acids is 1. The molecule has 0 saturated carbocycles.